The van der Waals surface area contributed by atoms with Crippen molar-refractivity contribution in [1.29, 1.82) is 0 Å². The van der Waals surface area contributed by atoms with Gasteiger partial charge in [-0.15, -0.1) is 0 Å². The first-order valence-corrected chi connectivity index (χ1v) is 10.2. The molecule has 0 amide bonds. The number of halogens is 1. The molecular formula is C23H27ClO4. The van der Waals surface area contributed by atoms with Crippen LogP contribution in [0, 0.1) is 0 Å². The molecule has 1 aromatic heterocycles. The van der Waals surface area contributed by atoms with Crippen molar-refractivity contribution in [3.8, 4) is 5.75 Å². The maximum absolute atomic E-state index is 12.9. The standard InChI is InChI=1S/C23H27ClO4/c1-4-11-23(12-10-15(3)28-23)21-19(25)14-20(27-22(21)26)17(5-2)13-16-6-8-18(24)9-7-16/h6-10,14,17,25H,4-5,11-13H2,1-3H3. The first-order chi connectivity index (χ1) is 13.4. The summed E-state index contributed by atoms with van der Waals surface area (Å²) in [6.07, 6.45) is 5.47. The van der Waals surface area contributed by atoms with Crippen LogP contribution in [0.15, 0.2) is 51.4 Å². The monoisotopic (exact) mass is 402 g/mol. The van der Waals surface area contributed by atoms with E-state index < -0.39 is 11.2 Å². The molecule has 0 aliphatic carbocycles. The van der Waals surface area contributed by atoms with E-state index in [9.17, 15) is 9.90 Å². The van der Waals surface area contributed by atoms with Gasteiger partial charge in [-0.25, -0.2) is 4.79 Å². The minimum absolute atomic E-state index is 0.0136. The Balaban J connectivity index is 1.94. The molecule has 5 heteroatoms. The van der Waals surface area contributed by atoms with Crippen molar-refractivity contribution in [2.45, 2.75) is 64.4 Å². The van der Waals surface area contributed by atoms with Gasteiger partial charge in [-0.05, 0) is 50.0 Å². The number of rotatable bonds is 7. The zero-order valence-corrected chi connectivity index (χ0v) is 17.4. The molecule has 4 nitrogen and oxygen atoms in total. The molecule has 1 aliphatic rings. The van der Waals surface area contributed by atoms with Crippen molar-refractivity contribution in [2.24, 2.45) is 0 Å². The van der Waals surface area contributed by atoms with Gasteiger partial charge in [0.05, 0.1) is 5.76 Å². The van der Waals surface area contributed by atoms with Gasteiger partial charge in [-0.3, -0.25) is 0 Å². The highest BCUT2D eigenvalue weighted by Gasteiger charge is 2.42. The average Bonchev–Trinajstić information content (AvgIpc) is 3.02. The van der Waals surface area contributed by atoms with Crippen LogP contribution < -0.4 is 5.63 Å². The summed E-state index contributed by atoms with van der Waals surface area (Å²) >= 11 is 5.96. The normalized spacial score (nSPS) is 19.9. The van der Waals surface area contributed by atoms with Crippen LogP contribution in [-0.4, -0.2) is 5.11 Å². The third kappa shape index (κ3) is 4.12. The Bertz CT molecular complexity index is 913. The maximum Gasteiger partial charge on any atom is 0.347 e. The molecule has 150 valence electrons. The number of ether oxygens (including phenoxy) is 1. The number of hydrogen-bond acceptors (Lipinski definition) is 4. The van der Waals surface area contributed by atoms with Gasteiger partial charge in [0.25, 0.3) is 0 Å². The third-order valence-corrected chi connectivity index (χ3v) is 5.68. The van der Waals surface area contributed by atoms with Crippen LogP contribution in [-0.2, 0) is 16.8 Å². The van der Waals surface area contributed by atoms with E-state index >= 15 is 0 Å². The lowest BCUT2D eigenvalue weighted by Crippen LogP contribution is -2.32. The highest BCUT2D eigenvalue weighted by atomic mass is 35.5. The third-order valence-electron chi connectivity index (χ3n) is 5.43. The van der Waals surface area contributed by atoms with Crippen molar-refractivity contribution in [3.63, 3.8) is 0 Å². The van der Waals surface area contributed by atoms with Crippen molar-refractivity contribution >= 4 is 11.6 Å². The molecule has 2 aromatic rings. The van der Waals surface area contributed by atoms with Crippen LogP contribution >= 0.6 is 11.6 Å². The molecule has 28 heavy (non-hydrogen) atoms. The van der Waals surface area contributed by atoms with Gasteiger partial charge in [0, 0.05) is 23.4 Å². The van der Waals surface area contributed by atoms with Gasteiger partial charge in [0.2, 0.25) is 0 Å². The first-order valence-electron chi connectivity index (χ1n) is 9.86. The Hall–Kier alpha value is -2.20. The first kappa shape index (κ1) is 20.5. The Morgan fingerprint density at radius 2 is 1.96 bits per heavy atom. The molecule has 0 radical (unpaired) electrons. The Morgan fingerprint density at radius 1 is 1.25 bits per heavy atom. The lowest BCUT2D eigenvalue weighted by atomic mass is 9.86. The summed E-state index contributed by atoms with van der Waals surface area (Å²) in [4.78, 5) is 12.9. The molecule has 0 saturated heterocycles. The van der Waals surface area contributed by atoms with E-state index in [-0.39, 0.29) is 17.2 Å². The summed E-state index contributed by atoms with van der Waals surface area (Å²) in [5.41, 5.74) is -0.0163. The van der Waals surface area contributed by atoms with Crippen molar-refractivity contribution in [2.75, 3.05) is 0 Å². The number of aromatic hydroxyl groups is 1. The molecule has 0 bridgehead atoms. The predicted octanol–water partition coefficient (Wildman–Crippen LogP) is 6.05. The molecule has 1 N–H and O–H groups in total. The minimum atomic E-state index is -0.833. The molecule has 2 unspecified atom stereocenters. The largest absolute Gasteiger partial charge is 0.507 e. The summed E-state index contributed by atoms with van der Waals surface area (Å²) in [6, 6.07) is 9.22. The Morgan fingerprint density at radius 3 is 2.50 bits per heavy atom. The van der Waals surface area contributed by atoms with Crippen LogP contribution in [0.4, 0.5) is 0 Å². The van der Waals surface area contributed by atoms with Crippen molar-refractivity contribution in [3.05, 3.63) is 74.5 Å². The van der Waals surface area contributed by atoms with Crippen LogP contribution in [0.5, 0.6) is 5.75 Å². The van der Waals surface area contributed by atoms with E-state index in [1.54, 1.807) is 6.07 Å². The molecule has 0 spiro atoms. The Kier molecular flexibility index (Phi) is 6.19. The molecule has 0 saturated carbocycles. The quantitative estimate of drug-likeness (QED) is 0.611. The average molecular weight is 403 g/mol. The molecule has 1 aromatic carbocycles. The molecular weight excluding hydrogens is 376 g/mol. The van der Waals surface area contributed by atoms with E-state index in [1.165, 1.54) is 0 Å². The highest BCUT2D eigenvalue weighted by Crippen LogP contribution is 2.44. The van der Waals surface area contributed by atoms with Gasteiger partial charge < -0.3 is 14.3 Å². The van der Waals surface area contributed by atoms with Gasteiger partial charge in [0.15, 0.2) is 0 Å². The smallest absolute Gasteiger partial charge is 0.347 e. The summed E-state index contributed by atoms with van der Waals surface area (Å²) in [7, 11) is 0. The van der Waals surface area contributed by atoms with Gasteiger partial charge >= 0.3 is 5.63 Å². The fourth-order valence-corrected chi connectivity index (χ4v) is 4.13. The SMILES string of the molecule is CCCC1(c2c(O)cc(C(CC)Cc3ccc(Cl)cc3)oc2=O)CC=C(C)O1. The van der Waals surface area contributed by atoms with Crippen LogP contribution in [0.3, 0.4) is 0 Å². The lowest BCUT2D eigenvalue weighted by Gasteiger charge is -2.29. The lowest BCUT2D eigenvalue weighted by molar-refractivity contribution is 0.00887. The summed E-state index contributed by atoms with van der Waals surface area (Å²) in [5.74, 6) is 1.21. The van der Waals surface area contributed by atoms with Crippen molar-refractivity contribution in [1.82, 2.24) is 0 Å². The van der Waals surface area contributed by atoms with E-state index in [2.05, 4.69) is 0 Å². The molecule has 2 heterocycles. The minimum Gasteiger partial charge on any atom is -0.507 e. The van der Waals surface area contributed by atoms with Gasteiger partial charge in [-0.2, -0.15) is 0 Å². The maximum atomic E-state index is 12.9. The highest BCUT2D eigenvalue weighted by molar-refractivity contribution is 6.30. The zero-order chi connectivity index (χ0) is 20.3. The van der Waals surface area contributed by atoms with E-state index in [0.717, 1.165) is 24.2 Å². The van der Waals surface area contributed by atoms with Crippen LogP contribution in [0.2, 0.25) is 5.02 Å². The fraction of sp³-hybridized carbons (Fsp3) is 0.435. The number of benzene rings is 1. The topological polar surface area (TPSA) is 59.7 Å². The van der Waals surface area contributed by atoms with Gasteiger partial charge in [-0.1, -0.05) is 44.0 Å². The molecule has 0 fully saturated rings. The van der Waals surface area contributed by atoms with Crippen LogP contribution in [0.1, 0.15) is 69.3 Å². The predicted molar refractivity (Wildman–Crippen MR) is 111 cm³/mol. The second-order valence-corrected chi connectivity index (χ2v) is 7.93. The van der Waals surface area contributed by atoms with E-state index in [1.807, 2.05) is 51.1 Å². The van der Waals surface area contributed by atoms with E-state index in [0.29, 0.717) is 30.0 Å². The van der Waals surface area contributed by atoms with E-state index in [4.69, 9.17) is 20.8 Å². The van der Waals surface area contributed by atoms with Crippen molar-refractivity contribution < 1.29 is 14.3 Å². The van der Waals surface area contributed by atoms with Gasteiger partial charge in [0.1, 0.15) is 22.7 Å². The summed E-state index contributed by atoms with van der Waals surface area (Å²) in [5, 5.41) is 11.5. The Labute approximate surface area is 170 Å². The summed E-state index contributed by atoms with van der Waals surface area (Å²) in [6.45, 7) is 5.94. The van der Waals surface area contributed by atoms with Crippen LogP contribution in [0.25, 0.3) is 0 Å². The number of allylic oxidation sites excluding steroid dienone is 1. The molecule has 2 atom stereocenters. The summed E-state index contributed by atoms with van der Waals surface area (Å²) < 4.78 is 11.7. The second kappa shape index (κ2) is 8.44. The molecule has 1 aliphatic heterocycles. The second-order valence-electron chi connectivity index (χ2n) is 7.50. The zero-order valence-electron chi connectivity index (χ0n) is 16.6. The molecule has 3 rings (SSSR count). The fourth-order valence-electron chi connectivity index (χ4n) is 4.01. The number of hydrogen-bond donors (Lipinski definition) is 1.